The van der Waals surface area contributed by atoms with Crippen LogP contribution in [-0.4, -0.2) is 43.0 Å². The van der Waals surface area contributed by atoms with Gasteiger partial charge in [-0.15, -0.1) is 11.6 Å². The van der Waals surface area contributed by atoms with E-state index in [1.807, 2.05) is 0 Å². The molecule has 1 unspecified atom stereocenters. The maximum absolute atomic E-state index is 5.73. The number of nitrogens with zero attached hydrogens (tertiary/aromatic N) is 1. The number of hydrogen-bond donors (Lipinski definition) is 1. The van der Waals surface area contributed by atoms with Crippen molar-refractivity contribution in [1.29, 1.82) is 0 Å². The SMILES string of the molecule is CCC(CCCl)NCCN1CCCC1. The Labute approximate surface area is 93.0 Å². The van der Waals surface area contributed by atoms with E-state index in [0.29, 0.717) is 6.04 Å². The minimum Gasteiger partial charge on any atom is -0.313 e. The van der Waals surface area contributed by atoms with E-state index >= 15 is 0 Å². The molecule has 1 saturated heterocycles. The molecule has 1 fully saturated rings. The van der Waals surface area contributed by atoms with Gasteiger partial charge in [0, 0.05) is 25.0 Å². The van der Waals surface area contributed by atoms with Gasteiger partial charge in [-0.1, -0.05) is 6.92 Å². The number of nitrogens with one attached hydrogen (secondary N) is 1. The van der Waals surface area contributed by atoms with E-state index in [4.69, 9.17) is 11.6 Å². The van der Waals surface area contributed by atoms with Gasteiger partial charge in [0.2, 0.25) is 0 Å². The molecule has 3 heteroatoms. The first-order valence-corrected chi connectivity index (χ1v) is 6.42. The van der Waals surface area contributed by atoms with Crippen molar-refractivity contribution in [2.24, 2.45) is 0 Å². The predicted octanol–water partition coefficient (Wildman–Crippen LogP) is 2.08. The quantitative estimate of drug-likeness (QED) is 0.659. The Morgan fingerprint density at radius 3 is 2.64 bits per heavy atom. The first-order chi connectivity index (χ1) is 6.86. The number of rotatable bonds is 7. The fourth-order valence-electron chi connectivity index (χ4n) is 2.02. The highest BCUT2D eigenvalue weighted by Gasteiger charge is 2.11. The van der Waals surface area contributed by atoms with Gasteiger partial charge in [-0.2, -0.15) is 0 Å². The van der Waals surface area contributed by atoms with Crippen molar-refractivity contribution >= 4 is 11.6 Å². The molecule has 0 aromatic carbocycles. The molecule has 0 saturated carbocycles. The van der Waals surface area contributed by atoms with Crippen LogP contribution in [0.3, 0.4) is 0 Å². The number of hydrogen-bond acceptors (Lipinski definition) is 2. The fourth-order valence-corrected chi connectivity index (χ4v) is 2.28. The molecule has 0 radical (unpaired) electrons. The molecule has 0 aliphatic carbocycles. The Morgan fingerprint density at radius 1 is 1.36 bits per heavy atom. The molecule has 0 spiro atoms. The lowest BCUT2D eigenvalue weighted by Gasteiger charge is -2.19. The van der Waals surface area contributed by atoms with Crippen LogP contribution in [0.5, 0.6) is 0 Å². The van der Waals surface area contributed by atoms with Gasteiger partial charge in [-0.25, -0.2) is 0 Å². The average Bonchev–Trinajstić information content (AvgIpc) is 2.69. The lowest BCUT2D eigenvalue weighted by molar-refractivity contribution is 0.324. The maximum Gasteiger partial charge on any atom is 0.0238 e. The van der Waals surface area contributed by atoms with E-state index in [9.17, 15) is 0 Å². The van der Waals surface area contributed by atoms with Gasteiger partial charge in [0.1, 0.15) is 0 Å². The van der Waals surface area contributed by atoms with Crippen molar-refractivity contribution in [3.05, 3.63) is 0 Å². The zero-order valence-electron chi connectivity index (χ0n) is 9.27. The molecule has 1 rings (SSSR count). The first kappa shape index (κ1) is 12.3. The molecule has 1 aliphatic rings. The van der Waals surface area contributed by atoms with Crippen LogP contribution in [0.1, 0.15) is 32.6 Å². The van der Waals surface area contributed by atoms with Gasteiger partial charge in [-0.05, 0) is 38.8 Å². The van der Waals surface area contributed by atoms with Gasteiger partial charge in [0.15, 0.2) is 0 Å². The molecule has 2 nitrogen and oxygen atoms in total. The summed E-state index contributed by atoms with van der Waals surface area (Å²) in [6, 6.07) is 0.620. The highest BCUT2D eigenvalue weighted by molar-refractivity contribution is 6.17. The lowest BCUT2D eigenvalue weighted by atomic mass is 10.2. The second kappa shape index (κ2) is 7.49. The van der Waals surface area contributed by atoms with Crippen molar-refractivity contribution in [2.45, 2.75) is 38.6 Å². The van der Waals surface area contributed by atoms with Crippen LogP contribution in [0, 0.1) is 0 Å². The molecule has 0 amide bonds. The molecule has 0 aromatic heterocycles. The second-order valence-electron chi connectivity index (χ2n) is 4.09. The van der Waals surface area contributed by atoms with E-state index in [1.165, 1.54) is 38.9 Å². The van der Waals surface area contributed by atoms with Crippen molar-refractivity contribution in [1.82, 2.24) is 10.2 Å². The fraction of sp³-hybridized carbons (Fsp3) is 1.00. The molecule has 0 aromatic rings. The third kappa shape index (κ3) is 4.63. The van der Waals surface area contributed by atoms with Gasteiger partial charge in [-0.3, -0.25) is 0 Å². The summed E-state index contributed by atoms with van der Waals surface area (Å²) in [6.07, 6.45) is 5.06. The largest absolute Gasteiger partial charge is 0.313 e. The minimum atomic E-state index is 0.620. The molecule has 14 heavy (non-hydrogen) atoms. The standard InChI is InChI=1S/C11H23ClN2/c1-2-11(5-6-12)13-7-10-14-8-3-4-9-14/h11,13H,2-10H2,1H3. The van der Waals surface area contributed by atoms with Crippen LogP contribution in [0.2, 0.25) is 0 Å². The van der Waals surface area contributed by atoms with Crippen molar-refractivity contribution < 1.29 is 0 Å². The number of likely N-dealkylation sites (tertiary alicyclic amines) is 1. The molecular formula is C11H23ClN2. The molecule has 1 atom stereocenters. The van der Waals surface area contributed by atoms with E-state index in [0.717, 1.165) is 18.8 Å². The van der Waals surface area contributed by atoms with Gasteiger partial charge in [0.05, 0.1) is 0 Å². The van der Waals surface area contributed by atoms with Crippen LogP contribution in [0.25, 0.3) is 0 Å². The highest BCUT2D eigenvalue weighted by Crippen LogP contribution is 2.06. The summed E-state index contributed by atoms with van der Waals surface area (Å²) in [4.78, 5) is 2.54. The Bertz CT molecular complexity index is 135. The Kier molecular flexibility index (Phi) is 6.57. The maximum atomic E-state index is 5.73. The molecule has 0 bridgehead atoms. The Balaban J connectivity index is 2.00. The summed E-state index contributed by atoms with van der Waals surface area (Å²) >= 11 is 5.73. The highest BCUT2D eigenvalue weighted by atomic mass is 35.5. The number of alkyl halides is 1. The Hall–Kier alpha value is 0.210. The zero-order valence-corrected chi connectivity index (χ0v) is 10.0. The minimum absolute atomic E-state index is 0.620. The zero-order chi connectivity index (χ0) is 10.2. The normalized spacial score (nSPS) is 20.1. The lowest BCUT2D eigenvalue weighted by Crippen LogP contribution is -2.36. The predicted molar refractivity (Wildman–Crippen MR) is 63.1 cm³/mol. The number of halogens is 1. The molecule has 1 N–H and O–H groups in total. The third-order valence-electron chi connectivity index (χ3n) is 3.01. The van der Waals surface area contributed by atoms with Gasteiger partial charge >= 0.3 is 0 Å². The summed E-state index contributed by atoms with van der Waals surface area (Å²) in [5.74, 6) is 0.773. The van der Waals surface area contributed by atoms with E-state index in [1.54, 1.807) is 0 Å². The molecule has 1 heterocycles. The van der Waals surface area contributed by atoms with Gasteiger partial charge in [0.25, 0.3) is 0 Å². The van der Waals surface area contributed by atoms with Crippen molar-refractivity contribution in [3.63, 3.8) is 0 Å². The van der Waals surface area contributed by atoms with Gasteiger partial charge < -0.3 is 10.2 Å². The van der Waals surface area contributed by atoms with Crippen LogP contribution in [0.4, 0.5) is 0 Å². The summed E-state index contributed by atoms with van der Waals surface area (Å²) in [6.45, 7) is 7.15. The molecular weight excluding hydrogens is 196 g/mol. The monoisotopic (exact) mass is 218 g/mol. The van der Waals surface area contributed by atoms with E-state index in [2.05, 4.69) is 17.1 Å². The first-order valence-electron chi connectivity index (χ1n) is 5.88. The van der Waals surface area contributed by atoms with Crippen LogP contribution < -0.4 is 5.32 Å². The second-order valence-corrected chi connectivity index (χ2v) is 4.46. The van der Waals surface area contributed by atoms with Crippen LogP contribution in [0.15, 0.2) is 0 Å². The summed E-state index contributed by atoms with van der Waals surface area (Å²) in [7, 11) is 0. The van der Waals surface area contributed by atoms with Crippen molar-refractivity contribution in [3.8, 4) is 0 Å². The molecule has 84 valence electrons. The van der Waals surface area contributed by atoms with E-state index in [-0.39, 0.29) is 0 Å². The smallest absolute Gasteiger partial charge is 0.0238 e. The average molecular weight is 219 g/mol. The van der Waals surface area contributed by atoms with Crippen molar-refractivity contribution in [2.75, 3.05) is 32.1 Å². The van der Waals surface area contributed by atoms with Crippen LogP contribution in [-0.2, 0) is 0 Å². The Morgan fingerprint density at radius 2 is 2.07 bits per heavy atom. The van der Waals surface area contributed by atoms with E-state index < -0.39 is 0 Å². The topological polar surface area (TPSA) is 15.3 Å². The van der Waals surface area contributed by atoms with Crippen LogP contribution >= 0.6 is 11.6 Å². The summed E-state index contributed by atoms with van der Waals surface area (Å²) < 4.78 is 0. The summed E-state index contributed by atoms with van der Waals surface area (Å²) in [5.41, 5.74) is 0. The summed E-state index contributed by atoms with van der Waals surface area (Å²) in [5, 5.41) is 3.57. The molecule has 1 aliphatic heterocycles. The third-order valence-corrected chi connectivity index (χ3v) is 3.23.